The number of nitrogens with zero attached hydrogens (tertiary/aromatic N) is 1. The van der Waals surface area contributed by atoms with Crippen molar-refractivity contribution in [2.45, 2.75) is 50.0 Å². The zero-order chi connectivity index (χ0) is 18.4. The highest BCUT2D eigenvalue weighted by atomic mass is 19.4. The third-order valence-electron chi connectivity index (χ3n) is 2.83. The maximum atomic E-state index is 10.6. The van der Waals surface area contributed by atoms with Crippen LogP contribution in [-0.4, -0.2) is 75.6 Å². The zero-order valence-electron chi connectivity index (χ0n) is 12.1. The maximum Gasteiger partial charge on any atom is 0.490 e. The summed E-state index contributed by atoms with van der Waals surface area (Å²) in [5.74, 6) is -2.79. The first-order valence-electron chi connectivity index (χ1n) is 6.41. The van der Waals surface area contributed by atoms with E-state index in [4.69, 9.17) is 31.2 Å². The molecule has 1 rings (SSSR count). The van der Waals surface area contributed by atoms with Crippen LogP contribution in [0.2, 0.25) is 0 Å². The summed E-state index contributed by atoms with van der Waals surface area (Å²) in [5.41, 5.74) is 10.4. The van der Waals surface area contributed by atoms with Crippen LogP contribution in [0.4, 0.5) is 13.2 Å². The number of carboxylic acid groups (broad SMARTS) is 1. The molecule has 136 valence electrons. The first kappa shape index (κ1) is 21.4. The van der Waals surface area contributed by atoms with Gasteiger partial charge in [0.2, 0.25) is 0 Å². The molecule has 0 saturated carbocycles. The number of aliphatic hydroxyl groups excluding tert-OH is 3. The Balaban J connectivity index is 0.000000585. The predicted octanol–water partition coefficient (Wildman–Crippen LogP) is -1.85. The van der Waals surface area contributed by atoms with E-state index in [1.807, 2.05) is 0 Å². The average Bonchev–Trinajstić information content (AvgIpc) is 2.65. The molecule has 1 heterocycles. The lowest BCUT2D eigenvalue weighted by Gasteiger charge is -2.16. The largest absolute Gasteiger partial charge is 0.490 e. The van der Waals surface area contributed by atoms with Crippen LogP contribution in [0.15, 0.2) is 4.99 Å². The van der Waals surface area contributed by atoms with Gasteiger partial charge in [0, 0.05) is 0 Å². The summed E-state index contributed by atoms with van der Waals surface area (Å²) >= 11 is 0. The normalized spacial score (nSPS) is 28.5. The van der Waals surface area contributed by atoms with Gasteiger partial charge in [-0.2, -0.15) is 13.2 Å². The number of aliphatic imine (C=N–C) groups is 1. The minimum atomic E-state index is -5.08. The van der Waals surface area contributed by atoms with Gasteiger partial charge in [0.15, 0.2) is 5.96 Å². The maximum absolute atomic E-state index is 10.6. The van der Waals surface area contributed by atoms with E-state index >= 15 is 0 Å². The van der Waals surface area contributed by atoms with E-state index in [2.05, 4.69) is 4.99 Å². The highest BCUT2D eigenvalue weighted by Gasteiger charge is 2.42. The molecular weight excluding hydrogens is 327 g/mol. The zero-order valence-corrected chi connectivity index (χ0v) is 12.1. The van der Waals surface area contributed by atoms with Gasteiger partial charge in [0.05, 0.1) is 18.8 Å². The Hall–Kier alpha value is -1.63. The van der Waals surface area contributed by atoms with Gasteiger partial charge in [-0.05, 0) is 13.3 Å². The SMILES string of the molecule is CC(C[C@@H]1O[C@H](CO)[C@@H](O)[C@H]1O)N=C(N)N.O=C(O)C(F)(F)F. The molecule has 1 aliphatic rings. The number of nitrogens with two attached hydrogens (primary N) is 2. The molecule has 0 spiro atoms. The number of halogens is 3. The number of carboxylic acids is 1. The highest BCUT2D eigenvalue weighted by Crippen LogP contribution is 2.24. The number of aliphatic hydroxyl groups is 3. The molecule has 8 N–H and O–H groups in total. The molecular formula is C11H20F3N3O6. The van der Waals surface area contributed by atoms with Crippen molar-refractivity contribution in [2.75, 3.05) is 6.61 Å². The number of alkyl halides is 3. The first-order valence-corrected chi connectivity index (χ1v) is 6.41. The molecule has 1 aliphatic heterocycles. The van der Waals surface area contributed by atoms with E-state index in [9.17, 15) is 23.4 Å². The Bertz CT molecular complexity index is 416. The van der Waals surface area contributed by atoms with Crippen molar-refractivity contribution in [3.63, 3.8) is 0 Å². The van der Waals surface area contributed by atoms with Crippen molar-refractivity contribution in [1.29, 1.82) is 0 Å². The van der Waals surface area contributed by atoms with Crippen LogP contribution in [0.5, 0.6) is 0 Å². The molecule has 5 atom stereocenters. The Kier molecular flexibility index (Phi) is 8.23. The lowest BCUT2D eigenvalue weighted by molar-refractivity contribution is -0.192. The number of ether oxygens (including phenoxy) is 1. The number of hydrogen-bond acceptors (Lipinski definition) is 6. The Morgan fingerprint density at radius 2 is 1.70 bits per heavy atom. The molecule has 0 amide bonds. The summed E-state index contributed by atoms with van der Waals surface area (Å²) in [6.07, 6.45) is -8.10. The van der Waals surface area contributed by atoms with E-state index in [1.54, 1.807) is 6.92 Å². The lowest BCUT2D eigenvalue weighted by Crippen LogP contribution is -2.34. The minimum absolute atomic E-state index is 0.0285. The Labute approximate surface area is 129 Å². The molecule has 0 aromatic heterocycles. The second kappa shape index (κ2) is 8.86. The minimum Gasteiger partial charge on any atom is -0.475 e. The monoisotopic (exact) mass is 347 g/mol. The van der Waals surface area contributed by atoms with Crippen LogP contribution in [0.25, 0.3) is 0 Å². The molecule has 0 radical (unpaired) electrons. The molecule has 0 aromatic carbocycles. The summed E-state index contributed by atoms with van der Waals surface area (Å²) in [6.45, 7) is 1.44. The number of hydrogen-bond donors (Lipinski definition) is 6. The van der Waals surface area contributed by atoms with Crippen LogP contribution in [0.3, 0.4) is 0 Å². The summed E-state index contributed by atoms with van der Waals surface area (Å²) in [6, 6.07) is -0.214. The average molecular weight is 347 g/mol. The van der Waals surface area contributed by atoms with Crippen LogP contribution >= 0.6 is 0 Å². The van der Waals surface area contributed by atoms with Crippen molar-refractivity contribution in [2.24, 2.45) is 16.5 Å². The summed E-state index contributed by atoms with van der Waals surface area (Å²) in [5, 5.41) is 35.2. The van der Waals surface area contributed by atoms with Gasteiger partial charge in [-0.1, -0.05) is 0 Å². The molecule has 0 aliphatic carbocycles. The number of carbonyl (C=O) groups is 1. The summed E-state index contributed by atoms with van der Waals surface area (Å²) < 4.78 is 37.0. The number of aliphatic carboxylic acids is 1. The number of rotatable bonds is 4. The molecule has 23 heavy (non-hydrogen) atoms. The molecule has 0 bridgehead atoms. The van der Waals surface area contributed by atoms with Gasteiger partial charge < -0.3 is 36.6 Å². The molecule has 1 unspecified atom stereocenters. The van der Waals surface area contributed by atoms with Crippen LogP contribution in [0.1, 0.15) is 13.3 Å². The van der Waals surface area contributed by atoms with Crippen molar-refractivity contribution < 1.29 is 43.1 Å². The van der Waals surface area contributed by atoms with Crippen LogP contribution < -0.4 is 11.5 Å². The van der Waals surface area contributed by atoms with Gasteiger partial charge in [0.25, 0.3) is 0 Å². The predicted molar refractivity (Wildman–Crippen MR) is 71.3 cm³/mol. The number of guanidine groups is 1. The fraction of sp³-hybridized carbons (Fsp3) is 0.818. The molecule has 12 heteroatoms. The van der Waals surface area contributed by atoms with Gasteiger partial charge in [-0.3, -0.25) is 4.99 Å². The van der Waals surface area contributed by atoms with E-state index in [-0.39, 0.29) is 18.6 Å². The van der Waals surface area contributed by atoms with E-state index in [1.165, 1.54) is 0 Å². The van der Waals surface area contributed by atoms with Gasteiger partial charge >= 0.3 is 12.1 Å². The Morgan fingerprint density at radius 1 is 1.26 bits per heavy atom. The molecule has 1 saturated heterocycles. The van der Waals surface area contributed by atoms with Gasteiger partial charge in [-0.15, -0.1) is 0 Å². The Morgan fingerprint density at radius 3 is 2.00 bits per heavy atom. The van der Waals surface area contributed by atoms with E-state index in [0.29, 0.717) is 6.42 Å². The fourth-order valence-electron chi connectivity index (χ4n) is 1.81. The van der Waals surface area contributed by atoms with Crippen LogP contribution in [-0.2, 0) is 9.53 Å². The summed E-state index contributed by atoms with van der Waals surface area (Å²) in [7, 11) is 0. The lowest BCUT2D eigenvalue weighted by atomic mass is 10.0. The topological polar surface area (TPSA) is 172 Å². The third-order valence-corrected chi connectivity index (χ3v) is 2.83. The van der Waals surface area contributed by atoms with Crippen molar-refractivity contribution in [3.8, 4) is 0 Å². The second-order valence-corrected chi connectivity index (χ2v) is 4.82. The van der Waals surface area contributed by atoms with Crippen molar-refractivity contribution in [3.05, 3.63) is 0 Å². The van der Waals surface area contributed by atoms with E-state index < -0.39 is 36.6 Å². The highest BCUT2D eigenvalue weighted by molar-refractivity contribution is 5.75. The van der Waals surface area contributed by atoms with Crippen LogP contribution in [0, 0.1) is 0 Å². The second-order valence-electron chi connectivity index (χ2n) is 4.82. The van der Waals surface area contributed by atoms with Gasteiger partial charge in [0.1, 0.15) is 18.3 Å². The first-order chi connectivity index (χ1) is 10.4. The van der Waals surface area contributed by atoms with Crippen molar-refractivity contribution >= 4 is 11.9 Å². The summed E-state index contributed by atoms with van der Waals surface area (Å²) in [4.78, 5) is 12.8. The quantitative estimate of drug-likeness (QED) is 0.254. The molecule has 1 fully saturated rings. The fourth-order valence-corrected chi connectivity index (χ4v) is 1.81. The molecule has 0 aromatic rings. The smallest absolute Gasteiger partial charge is 0.475 e. The third kappa shape index (κ3) is 7.45. The molecule has 9 nitrogen and oxygen atoms in total. The van der Waals surface area contributed by atoms with Gasteiger partial charge in [-0.25, -0.2) is 4.79 Å². The van der Waals surface area contributed by atoms with E-state index in [0.717, 1.165) is 0 Å². The van der Waals surface area contributed by atoms with Crippen molar-refractivity contribution in [1.82, 2.24) is 0 Å². The standard InChI is InChI=1S/C9H19N3O4.C2HF3O2/c1-4(12-9(10)11)2-5-7(14)8(15)6(3-13)16-5;3-2(4,5)1(6)7/h4-8,13-15H,2-3H2,1H3,(H4,10,11,12);(H,6,7)/t4?,5-,6+,7-,8+;/m0./s1.